The van der Waals surface area contributed by atoms with Gasteiger partial charge in [0, 0.05) is 4.86 Å². The van der Waals surface area contributed by atoms with Crippen molar-refractivity contribution in [1.82, 2.24) is 0 Å². The number of amides is 1. The van der Waals surface area contributed by atoms with Crippen molar-refractivity contribution >= 4 is 23.0 Å². The van der Waals surface area contributed by atoms with Gasteiger partial charge >= 0.3 is 0 Å². The van der Waals surface area contributed by atoms with E-state index >= 15 is 0 Å². The van der Waals surface area contributed by atoms with Crippen molar-refractivity contribution < 1.29 is 15.0 Å². The molecular formula is C7H13NO3S. The van der Waals surface area contributed by atoms with Gasteiger partial charge in [0.05, 0.1) is 19.1 Å². The highest BCUT2D eigenvalue weighted by Crippen LogP contribution is 2.01. The van der Waals surface area contributed by atoms with Crippen molar-refractivity contribution in [2.45, 2.75) is 25.4 Å². The summed E-state index contributed by atoms with van der Waals surface area (Å²) in [4.78, 5) is 10.9. The molecule has 0 aromatic carbocycles. The Morgan fingerprint density at radius 3 is 2.58 bits per heavy atom. The molecule has 4 nitrogen and oxygen atoms in total. The molecule has 0 rings (SSSR count). The van der Waals surface area contributed by atoms with Gasteiger partial charge in [-0.1, -0.05) is 12.2 Å². The van der Waals surface area contributed by atoms with Crippen molar-refractivity contribution in [3.63, 3.8) is 0 Å². The first-order valence-electron chi connectivity index (χ1n) is 3.65. The lowest BCUT2D eigenvalue weighted by Gasteiger charge is -2.05. The second-order valence-corrected chi connectivity index (χ2v) is 3.13. The fourth-order valence-corrected chi connectivity index (χ4v) is 0.962. The predicted octanol–water partition coefficient (Wildman–Crippen LogP) is -0.635. The van der Waals surface area contributed by atoms with Crippen LogP contribution in [0.4, 0.5) is 0 Å². The van der Waals surface area contributed by atoms with E-state index in [2.05, 4.69) is 0 Å². The van der Waals surface area contributed by atoms with Crippen LogP contribution in [-0.4, -0.2) is 33.7 Å². The maximum atomic E-state index is 10.3. The average molecular weight is 191 g/mol. The normalized spacial score (nSPS) is 12.5. The van der Waals surface area contributed by atoms with Gasteiger partial charge in [0.15, 0.2) is 0 Å². The number of hydrogen-bond acceptors (Lipinski definition) is 4. The molecule has 0 heterocycles. The lowest BCUT2D eigenvalue weighted by Crippen LogP contribution is -2.18. The third kappa shape index (κ3) is 6.21. The van der Waals surface area contributed by atoms with E-state index in [4.69, 9.17) is 28.2 Å². The van der Waals surface area contributed by atoms with E-state index in [0.29, 0.717) is 17.7 Å². The zero-order valence-electron chi connectivity index (χ0n) is 6.69. The first-order chi connectivity index (χ1) is 5.56. The lowest BCUT2D eigenvalue weighted by molar-refractivity contribution is -0.116. The van der Waals surface area contributed by atoms with Gasteiger partial charge < -0.3 is 15.9 Å². The molecule has 4 N–H and O–H groups in total. The number of aliphatic hydroxyl groups is 2. The Hall–Kier alpha value is -0.520. The Morgan fingerprint density at radius 1 is 1.58 bits per heavy atom. The number of hydrogen-bond donors (Lipinski definition) is 3. The lowest BCUT2D eigenvalue weighted by atomic mass is 10.1. The van der Waals surface area contributed by atoms with E-state index in [1.165, 1.54) is 0 Å². The van der Waals surface area contributed by atoms with Gasteiger partial charge in [-0.2, -0.15) is 0 Å². The summed E-state index contributed by atoms with van der Waals surface area (Å²) in [6, 6.07) is 0. The van der Waals surface area contributed by atoms with E-state index < -0.39 is 12.0 Å². The van der Waals surface area contributed by atoms with Crippen LogP contribution in [0.2, 0.25) is 0 Å². The largest absolute Gasteiger partial charge is 0.394 e. The molecule has 0 fully saturated rings. The third-order valence-electron chi connectivity index (χ3n) is 1.34. The van der Waals surface area contributed by atoms with Gasteiger partial charge in [0.25, 0.3) is 0 Å². The molecular weight excluding hydrogens is 178 g/mol. The van der Waals surface area contributed by atoms with E-state index in [9.17, 15) is 4.79 Å². The van der Waals surface area contributed by atoms with Gasteiger partial charge in [0.2, 0.25) is 5.91 Å². The highest BCUT2D eigenvalue weighted by Gasteiger charge is 2.06. The molecule has 0 aromatic rings. The molecule has 1 amide bonds. The Morgan fingerprint density at radius 2 is 2.17 bits per heavy atom. The van der Waals surface area contributed by atoms with Crippen molar-refractivity contribution in [2.75, 3.05) is 6.61 Å². The standard InChI is InChI=1S/C7H13NO3S/c8-7(11)3-6(12)2-1-5(10)4-9/h5,9-10H,1-4H2,(H2,8,11). The fraction of sp³-hybridized carbons (Fsp3) is 0.714. The number of carbonyl (C=O) groups excluding carboxylic acids is 1. The Bertz CT molecular complexity index is 172. The van der Waals surface area contributed by atoms with Crippen molar-refractivity contribution in [2.24, 2.45) is 5.73 Å². The van der Waals surface area contributed by atoms with Gasteiger partial charge in [-0.3, -0.25) is 4.79 Å². The minimum atomic E-state index is -0.754. The molecule has 1 atom stereocenters. The van der Waals surface area contributed by atoms with Crippen molar-refractivity contribution in [3.05, 3.63) is 0 Å². The minimum Gasteiger partial charge on any atom is -0.394 e. The quantitative estimate of drug-likeness (QED) is 0.488. The highest BCUT2D eigenvalue weighted by molar-refractivity contribution is 7.80. The fourth-order valence-electron chi connectivity index (χ4n) is 0.702. The summed E-state index contributed by atoms with van der Waals surface area (Å²) in [6.07, 6.45) is 0.145. The summed E-state index contributed by atoms with van der Waals surface area (Å²) in [6.45, 7) is -0.279. The van der Waals surface area contributed by atoms with Crippen LogP contribution < -0.4 is 5.73 Å². The number of primary amides is 1. The molecule has 12 heavy (non-hydrogen) atoms. The summed E-state index contributed by atoms with van der Waals surface area (Å²) in [5, 5.41) is 17.4. The smallest absolute Gasteiger partial charge is 0.222 e. The average Bonchev–Trinajstić information content (AvgIpc) is 1.99. The molecule has 0 saturated heterocycles. The second kappa shape index (κ2) is 6.05. The summed E-state index contributed by atoms with van der Waals surface area (Å²) in [5.74, 6) is -0.460. The second-order valence-electron chi connectivity index (χ2n) is 2.56. The number of thiocarbonyl (C=S) groups is 1. The minimum absolute atomic E-state index is 0.0769. The summed E-state index contributed by atoms with van der Waals surface area (Å²) >= 11 is 4.80. The molecule has 0 aromatic heterocycles. The molecule has 0 aliphatic heterocycles. The van der Waals surface area contributed by atoms with Crippen molar-refractivity contribution in [3.8, 4) is 0 Å². The van der Waals surface area contributed by atoms with Gasteiger partial charge in [-0.15, -0.1) is 0 Å². The maximum absolute atomic E-state index is 10.3. The van der Waals surface area contributed by atoms with E-state index in [-0.39, 0.29) is 13.0 Å². The Kier molecular flexibility index (Phi) is 5.79. The number of nitrogens with two attached hydrogens (primary N) is 1. The predicted molar refractivity (Wildman–Crippen MR) is 48.7 cm³/mol. The van der Waals surface area contributed by atoms with Gasteiger partial charge in [-0.25, -0.2) is 0 Å². The SMILES string of the molecule is NC(=O)CC(=S)CCC(O)CO. The molecule has 0 radical (unpaired) electrons. The first kappa shape index (κ1) is 11.5. The summed E-state index contributed by atoms with van der Waals surface area (Å²) in [5.41, 5.74) is 4.89. The van der Waals surface area contributed by atoms with Crippen LogP contribution in [0, 0.1) is 0 Å². The van der Waals surface area contributed by atoms with Crippen LogP contribution in [0.1, 0.15) is 19.3 Å². The van der Waals surface area contributed by atoms with Crippen LogP contribution >= 0.6 is 12.2 Å². The number of aliphatic hydroxyl groups excluding tert-OH is 2. The molecule has 0 spiro atoms. The molecule has 5 heteroatoms. The first-order valence-corrected chi connectivity index (χ1v) is 4.06. The van der Waals surface area contributed by atoms with Gasteiger partial charge in [-0.05, 0) is 12.8 Å². The van der Waals surface area contributed by atoms with Crippen LogP contribution in [0.25, 0.3) is 0 Å². The highest BCUT2D eigenvalue weighted by atomic mass is 32.1. The van der Waals surface area contributed by atoms with Gasteiger partial charge in [0.1, 0.15) is 0 Å². The third-order valence-corrected chi connectivity index (χ3v) is 1.69. The van der Waals surface area contributed by atoms with Crippen molar-refractivity contribution in [1.29, 1.82) is 0 Å². The topological polar surface area (TPSA) is 83.6 Å². The van der Waals surface area contributed by atoms with E-state index in [1.54, 1.807) is 0 Å². The van der Waals surface area contributed by atoms with Crippen LogP contribution in [0.15, 0.2) is 0 Å². The zero-order chi connectivity index (χ0) is 9.56. The zero-order valence-corrected chi connectivity index (χ0v) is 7.51. The molecule has 0 aliphatic rings. The van der Waals surface area contributed by atoms with E-state index in [1.807, 2.05) is 0 Å². The molecule has 0 bridgehead atoms. The molecule has 1 unspecified atom stereocenters. The number of rotatable bonds is 6. The molecule has 0 saturated carbocycles. The monoisotopic (exact) mass is 191 g/mol. The number of carbonyl (C=O) groups is 1. The molecule has 70 valence electrons. The summed E-state index contributed by atoms with van der Waals surface area (Å²) in [7, 11) is 0. The maximum Gasteiger partial charge on any atom is 0.222 e. The Balaban J connectivity index is 3.50. The van der Waals surface area contributed by atoms with E-state index in [0.717, 1.165) is 0 Å². The van der Waals surface area contributed by atoms with Crippen LogP contribution in [0.5, 0.6) is 0 Å². The Labute approximate surface area is 76.4 Å². The molecule has 0 aliphatic carbocycles. The van der Waals surface area contributed by atoms with Crippen LogP contribution in [0.3, 0.4) is 0 Å². The summed E-state index contributed by atoms with van der Waals surface area (Å²) < 4.78 is 0. The van der Waals surface area contributed by atoms with Crippen LogP contribution in [-0.2, 0) is 4.79 Å².